The molecule has 0 bridgehead atoms. The summed E-state index contributed by atoms with van der Waals surface area (Å²) in [5, 5.41) is 18.4. The molecule has 2 amide bonds. The average molecular weight is 258 g/mol. The van der Waals surface area contributed by atoms with Crippen molar-refractivity contribution in [3.05, 3.63) is 0 Å². The van der Waals surface area contributed by atoms with Crippen LogP contribution in [0.1, 0.15) is 6.92 Å². The van der Waals surface area contributed by atoms with Gasteiger partial charge in [-0.3, -0.25) is 0 Å². The molecule has 0 aromatic carbocycles. The molecule has 0 aromatic rings. The largest absolute Gasteiger partial charge is 0.479 e. The Morgan fingerprint density at radius 3 is 2.12 bits per heavy atom. The third-order valence-corrected chi connectivity index (χ3v) is 2.13. The molecule has 0 rings (SSSR count). The maximum absolute atomic E-state index is 12.5. The molecule has 0 saturated carbocycles. The van der Waals surface area contributed by atoms with Crippen LogP contribution >= 0.6 is 0 Å². The highest BCUT2D eigenvalue weighted by molar-refractivity contribution is 5.86. The van der Waals surface area contributed by atoms with E-state index in [1.807, 2.05) is 0 Å². The second-order valence-electron chi connectivity index (χ2n) is 3.50. The summed E-state index contributed by atoms with van der Waals surface area (Å²) in [5.74, 6) is -2.21. The number of aliphatic hydroxyl groups is 1. The van der Waals surface area contributed by atoms with E-state index in [-0.39, 0.29) is 6.54 Å². The van der Waals surface area contributed by atoms with Gasteiger partial charge in [-0.1, -0.05) is 0 Å². The van der Waals surface area contributed by atoms with E-state index < -0.39 is 30.3 Å². The predicted octanol–water partition coefficient (Wildman–Crippen LogP) is 0.0257. The lowest BCUT2D eigenvalue weighted by Crippen LogP contribution is -2.63. The SMILES string of the molecule is CN(CCO)C(=O)NC(C)(C(=O)O)C(F)(F)F. The first kappa shape index (κ1) is 15.5. The summed E-state index contributed by atoms with van der Waals surface area (Å²) in [6.07, 6.45) is -5.13. The molecule has 1 unspecified atom stereocenters. The Bertz CT molecular complexity index is 308. The number of carbonyl (C=O) groups is 2. The molecule has 0 saturated heterocycles. The van der Waals surface area contributed by atoms with Crippen LogP contribution < -0.4 is 5.32 Å². The number of carboxylic acid groups (broad SMARTS) is 1. The first-order valence-corrected chi connectivity index (χ1v) is 4.50. The monoisotopic (exact) mass is 258 g/mol. The quantitative estimate of drug-likeness (QED) is 0.663. The van der Waals surface area contributed by atoms with Gasteiger partial charge in [-0.05, 0) is 6.92 Å². The van der Waals surface area contributed by atoms with Gasteiger partial charge in [0.25, 0.3) is 0 Å². The third kappa shape index (κ3) is 3.48. The highest BCUT2D eigenvalue weighted by Crippen LogP contribution is 2.30. The number of rotatable bonds is 4. The van der Waals surface area contributed by atoms with Crippen LogP contribution in [0.3, 0.4) is 0 Å². The number of amides is 2. The molecule has 1 atom stereocenters. The Morgan fingerprint density at radius 1 is 1.35 bits per heavy atom. The zero-order chi connectivity index (χ0) is 13.9. The second kappa shape index (κ2) is 5.21. The molecule has 6 nitrogen and oxygen atoms in total. The maximum atomic E-state index is 12.5. The Balaban J connectivity index is 4.92. The fourth-order valence-electron chi connectivity index (χ4n) is 0.806. The highest BCUT2D eigenvalue weighted by atomic mass is 19.4. The number of aliphatic hydroxyl groups excluding tert-OH is 1. The van der Waals surface area contributed by atoms with E-state index in [4.69, 9.17) is 10.2 Å². The Kier molecular flexibility index (Phi) is 4.75. The van der Waals surface area contributed by atoms with Gasteiger partial charge in [0.15, 0.2) is 0 Å². The molecular weight excluding hydrogens is 245 g/mol. The minimum atomic E-state index is -5.13. The number of likely N-dealkylation sites (N-methyl/N-ethyl adjacent to an activating group) is 1. The standard InChI is InChI=1S/C8H13F3N2O4/c1-7(5(15)16,8(9,10)11)12-6(17)13(2)3-4-14/h14H,3-4H2,1-2H3,(H,12,17)(H,15,16). The Hall–Kier alpha value is -1.51. The van der Waals surface area contributed by atoms with Gasteiger partial charge >= 0.3 is 18.2 Å². The Labute approximate surface area is 95.0 Å². The number of alkyl halides is 3. The smallest absolute Gasteiger partial charge is 0.422 e. The van der Waals surface area contributed by atoms with E-state index in [1.54, 1.807) is 0 Å². The maximum Gasteiger partial charge on any atom is 0.422 e. The number of aliphatic carboxylic acids is 1. The molecule has 0 aliphatic heterocycles. The molecule has 0 spiro atoms. The molecule has 0 heterocycles. The number of nitrogens with zero attached hydrogens (tertiary/aromatic N) is 1. The Morgan fingerprint density at radius 2 is 1.82 bits per heavy atom. The van der Waals surface area contributed by atoms with Crippen molar-refractivity contribution in [1.82, 2.24) is 10.2 Å². The second-order valence-corrected chi connectivity index (χ2v) is 3.50. The fraction of sp³-hybridized carbons (Fsp3) is 0.750. The lowest BCUT2D eigenvalue weighted by Gasteiger charge is -2.30. The number of urea groups is 1. The summed E-state index contributed by atoms with van der Waals surface area (Å²) in [4.78, 5) is 22.6. The van der Waals surface area contributed by atoms with Crippen molar-refractivity contribution in [2.24, 2.45) is 0 Å². The molecule has 9 heteroatoms. The predicted molar refractivity (Wildman–Crippen MR) is 50.3 cm³/mol. The van der Waals surface area contributed by atoms with Crippen molar-refractivity contribution in [2.75, 3.05) is 20.2 Å². The molecule has 0 aliphatic carbocycles. The van der Waals surface area contributed by atoms with Crippen LogP contribution in [0, 0.1) is 0 Å². The van der Waals surface area contributed by atoms with Crippen molar-refractivity contribution < 1.29 is 33.0 Å². The summed E-state index contributed by atoms with van der Waals surface area (Å²) in [7, 11) is 1.13. The zero-order valence-electron chi connectivity index (χ0n) is 9.21. The lowest BCUT2D eigenvalue weighted by atomic mass is 10.0. The van der Waals surface area contributed by atoms with Gasteiger partial charge in [0, 0.05) is 13.6 Å². The van der Waals surface area contributed by atoms with E-state index in [0.29, 0.717) is 6.92 Å². The molecule has 0 fully saturated rings. The summed E-state index contributed by atoms with van der Waals surface area (Å²) < 4.78 is 37.5. The number of hydrogen-bond donors (Lipinski definition) is 3. The normalized spacial score (nSPS) is 14.9. The van der Waals surface area contributed by atoms with Crippen LogP contribution in [0.2, 0.25) is 0 Å². The summed E-state index contributed by atoms with van der Waals surface area (Å²) in [6, 6.07) is -1.23. The van der Waals surface area contributed by atoms with Crippen molar-refractivity contribution >= 4 is 12.0 Å². The topological polar surface area (TPSA) is 89.9 Å². The van der Waals surface area contributed by atoms with Crippen molar-refractivity contribution in [3.63, 3.8) is 0 Å². The van der Waals surface area contributed by atoms with Crippen LogP contribution in [0.5, 0.6) is 0 Å². The van der Waals surface area contributed by atoms with Crippen molar-refractivity contribution in [1.29, 1.82) is 0 Å². The number of carbonyl (C=O) groups excluding carboxylic acids is 1. The van der Waals surface area contributed by atoms with Gasteiger partial charge in [-0.25, -0.2) is 9.59 Å². The van der Waals surface area contributed by atoms with Crippen LogP contribution in [-0.2, 0) is 4.79 Å². The molecule has 0 aromatic heterocycles. The first-order valence-electron chi connectivity index (χ1n) is 4.50. The van der Waals surface area contributed by atoms with E-state index in [2.05, 4.69) is 0 Å². The van der Waals surface area contributed by atoms with Gasteiger partial charge in [-0.15, -0.1) is 0 Å². The lowest BCUT2D eigenvalue weighted by molar-refractivity contribution is -0.203. The van der Waals surface area contributed by atoms with E-state index >= 15 is 0 Å². The van der Waals surface area contributed by atoms with Crippen LogP contribution in [-0.4, -0.2) is 59.0 Å². The van der Waals surface area contributed by atoms with E-state index in [1.165, 1.54) is 5.32 Å². The highest BCUT2D eigenvalue weighted by Gasteiger charge is 2.58. The van der Waals surface area contributed by atoms with Gasteiger partial charge in [0.05, 0.1) is 6.61 Å². The molecule has 0 radical (unpaired) electrons. The molecule has 17 heavy (non-hydrogen) atoms. The van der Waals surface area contributed by atoms with Crippen molar-refractivity contribution in [2.45, 2.75) is 18.6 Å². The average Bonchev–Trinajstić information content (AvgIpc) is 2.15. The van der Waals surface area contributed by atoms with E-state index in [9.17, 15) is 22.8 Å². The summed E-state index contributed by atoms with van der Waals surface area (Å²) in [6.45, 7) is -0.306. The van der Waals surface area contributed by atoms with Crippen LogP contribution in [0.15, 0.2) is 0 Å². The number of carboxylic acids is 1. The number of halogens is 3. The molecule has 100 valence electrons. The van der Waals surface area contributed by atoms with Gasteiger partial charge in [-0.2, -0.15) is 13.2 Å². The molecule has 3 N–H and O–H groups in total. The first-order chi connectivity index (χ1) is 7.56. The summed E-state index contributed by atoms with van der Waals surface area (Å²) in [5.41, 5.74) is -3.37. The van der Waals surface area contributed by atoms with Gasteiger partial charge in [0.1, 0.15) is 0 Å². The minimum absolute atomic E-state index is 0.209. The zero-order valence-corrected chi connectivity index (χ0v) is 9.21. The van der Waals surface area contributed by atoms with Crippen LogP contribution in [0.25, 0.3) is 0 Å². The number of nitrogens with one attached hydrogen (secondary N) is 1. The van der Waals surface area contributed by atoms with E-state index in [0.717, 1.165) is 11.9 Å². The van der Waals surface area contributed by atoms with Crippen molar-refractivity contribution in [3.8, 4) is 0 Å². The summed E-state index contributed by atoms with van der Waals surface area (Å²) >= 11 is 0. The van der Waals surface area contributed by atoms with Gasteiger partial charge < -0.3 is 20.4 Å². The fourth-order valence-corrected chi connectivity index (χ4v) is 0.806. The molecular formula is C8H13F3N2O4. The number of hydrogen-bond acceptors (Lipinski definition) is 3. The molecule has 0 aliphatic rings. The van der Waals surface area contributed by atoms with Gasteiger partial charge in [0.2, 0.25) is 5.54 Å². The third-order valence-electron chi connectivity index (χ3n) is 2.13. The minimum Gasteiger partial charge on any atom is -0.479 e. The van der Waals surface area contributed by atoms with Crippen LogP contribution in [0.4, 0.5) is 18.0 Å².